The van der Waals surface area contributed by atoms with Crippen LogP contribution in [0, 0.1) is 0 Å². The van der Waals surface area contributed by atoms with Crippen LogP contribution in [-0.2, 0) is 16.1 Å². The van der Waals surface area contributed by atoms with Crippen LogP contribution in [0.5, 0.6) is 11.5 Å². The van der Waals surface area contributed by atoms with Crippen molar-refractivity contribution in [1.29, 1.82) is 0 Å². The summed E-state index contributed by atoms with van der Waals surface area (Å²) in [6.07, 6.45) is -5.50. The highest BCUT2D eigenvalue weighted by Crippen LogP contribution is 2.36. The summed E-state index contributed by atoms with van der Waals surface area (Å²) in [5, 5.41) is 7.10. The second kappa shape index (κ2) is 9.65. The maximum atomic E-state index is 13.2. The van der Waals surface area contributed by atoms with Crippen molar-refractivity contribution in [3.05, 3.63) is 53.6 Å². The molecule has 0 aliphatic carbocycles. The second-order valence-corrected chi connectivity index (χ2v) is 7.29. The van der Waals surface area contributed by atoms with Gasteiger partial charge in [0.15, 0.2) is 11.5 Å². The highest BCUT2D eigenvalue weighted by molar-refractivity contribution is 6.04. The molecule has 3 rings (SSSR count). The Bertz CT molecular complexity index is 1120. The Balaban J connectivity index is 1.80. The van der Waals surface area contributed by atoms with Gasteiger partial charge in [-0.15, -0.1) is 0 Å². The largest absolute Gasteiger partial charge is 0.493 e. The van der Waals surface area contributed by atoms with Crippen molar-refractivity contribution >= 4 is 23.2 Å². The van der Waals surface area contributed by atoms with Gasteiger partial charge in [-0.3, -0.25) is 9.59 Å². The number of benzene rings is 2. The van der Waals surface area contributed by atoms with Crippen LogP contribution >= 0.6 is 0 Å². The van der Waals surface area contributed by atoms with E-state index in [1.54, 1.807) is 23.5 Å². The second-order valence-electron chi connectivity index (χ2n) is 7.29. The summed E-state index contributed by atoms with van der Waals surface area (Å²) in [6, 6.07) is 10.4. The minimum Gasteiger partial charge on any atom is -0.493 e. The summed E-state index contributed by atoms with van der Waals surface area (Å²) >= 11 is 0. The number of hydrogen-bond donors (Lipinski definition) is 1. The number of hydrazone groups is 1. The van der Waals surface area contributed by atoms with E-state index in [0.29, 0.717) is 34.8 Å². The summed E-state index contributed by atoms with van der Waals surface area (Å²) < 4.78 is 74.1. The predicted molar refractivity (Wildman–Crippen MR) is 112 cm³/mol. The van der Waals surface area contributed by atoms with Gasteiger partial charge in [0.25, 0.3) is 0 Å². The topological polar surface area (TPSA) is 80.2 Å². The monoisotopic (exact) mass is 485 g/mol. The number of halogens is 5. The van der Waals surface area contributed by atoms with Gasteiger partial charge in [0.1, 0.15) is 0 Å². The van der Waals surface area contributed by atoms with Gasteiger partial charge >= 0.3 is 18.0 Å². The van der Waals surface area contributed by atoms with Crippen LogP contribution < -0.4 is 14.8 Å². The Morgan fingerprint density at radius 1 is 1.03 bits per heavy atom. The van der Waals surface area contributed by atoms with Crippen molar-refractivity contribution in [3.8, 4) is 11.5 Å². The van der Waals surface area contributed by atoms with Gasteiger partial charge in [-0.25, -0.2) is 5.01 Å². The highest BCUT2D eigenvalue weighted by atomic mass is 19.4. The average Bonchev–Trinajstić information content (AvgIpc) is 2.79. The number of alkyl halides is 5. The van der Waals surface area contributed by atoms with E-state index in [-0.39, 0.29) is 24.6 Å². The zero-order valence-corrected chi connectivity index (χ0v) is 18.1. The number of carbonyl (C=O) groups excluding carboxylic acids is 2. The van der Waals surface area contributed by atoms with Gasteiger partial charge in [-0.1, -0.05) is 12.1 Å². The smallest absolute Gasteiger partial charge is 0.463 e. The molecule has 0 atom stereocenters. The highest BCUT2D eigenvalue weighted by Gasteiger charge is 2.63. The summed E-state index contributed by atoms with van der Waals surface area (Å²) in [6.45, 7) is -0.0883. The fourth-order valence-corrected chi connectivity index (χ4v) is 3.21. The fourth-order valence-electron chi connectivity index (χ4n) is 3.21. The van der Waals surface area contributed by atoms with Crippen LogP contribution in [0.15, 0.2) is 47.6 Å². The molecule has 34 heavy (non-hydrogen) atoms. The Hall–Kier alpha value is -3.70. The fraction of sp³-hybridized carbons (Fsp3) is 0.318. The standard InChI is InChI=1S/C22H20F5N3O4/c1-33-17-8-6-14(11-18(17)34-2)16-7-9-19(31)30(29-16)12-13-4-3-5-15(10-13)28-20(32)21(23,24)22(25,26)27/h3-6,8,10-11H,7,9,12H2,1-2H3,(H,28,32). The molecule has 1 aliphatic heterocycles. The van der Waals surface area contributed by atoms with Crippen LogP contribution in [0.3, 0.4) is 0 Å². The molecule has 0 saturated carbocycles. The quantitative estimate of drug-likeness (QED) is 0.591. The molecule has 12 heteroatoms. The van der Waals surface area contributed by atoms with Crippen molar-refractivity contribution in [1.82, 2.24) is 5.01 Å². The molecule has 0 aromatic heterocycles. The predicted octanol–water partition coefficient (Wildman–Crippen LogP) is 4.37. The average molecular weight is 485 g/mol. The lowest BCUT2D eigenvalue weighted by molar-refractivity contribution is -0.267. The first kappa shape index (κ1) is 24.9. The SMILES string of the molecule is COc1ccc(C2=NN(Cc3cccc(NC(=O)C(F)(F)C(F)(F)F)c3)C(=O)CC2)cc1OC. The first-order chi connectivity index (χ1) is 16.0. The molecular weight excluding hydrogens is 465 g/mol. The molecule has 0 spiro atoms. The van der Waals surface area contributed by atoms with Gasteiger partial charge in [-0.05, 0) is 35.9 Å². The molecule has 2 aromatic rings. The number of amides is 2. The molecule has 0 fully saturated rings. The van der Waals surface area contributed by atoms with E-state index in [9.17, 15) is 31.5 Å². The van der Waals surface area contributed by atoms with E-state index < -0.39 is 18.0 Å². The molecule has 182 valence electrons. The Kier molecular flexibility index (Phi) is 7.08. The third-order valence-corrected chi connectivity index (χ3v) is 4.98. The van der Waals surface area contributed by atoms with Gasteiger partial charge < -0.3 is 14.8 Å². The number of ether oxygens (including phenoxy) is 2. The molecule has 1 heterocycles. The molecule has 0 radical (unpaired) electrons. The van der Waals surface area contributed by atoms with E-state index in [0.717, 1.165) is 6.07 Å². The Labute approximate surface area is 191 Å². The summed E-state index contributed by atoms with van der Waals surface area (Å²) in [7, 11) is 2.98. The molecule has 1 aliphatic rings. The number of carbonyl (C=O) groups is 2. The van der Waals surface area contributed by atoms with Gasteiger partial charge in [0.05, 0.1) is 26.5 Å². The van der Waals surface area contributed by atoms with E-state index in [1.165, 1.54) is 37.4 Å². The number of hydrogen-bond acceptors (Lipinski definition) is 5. The number of anilines is 1. The number of nitrogens with one attached hydrogen (secondary N) is 1. The lowest BCUT2D eigenvalue weighted by Crippen LogP contribution is -2.47. The maximum absolute atomic E-state index is 13.2. The molecule has 0 unspecified atom stereocenters. The molecular formula is C22H20F5N3O4. The zero-order valence-electron chi connectivity index (χ0n) is 18.1. The van der Waals surface area contributed by atoms with Crippen LogP contribution in [0.2, 0.25) is 0 Å². The van der Waals surface area contributed by atoms with Crippen LogP contribution in [0.1, 0.15) is 24.0 Å². The summed E-state index contributed by atoms with van der Waals surface area (Å²) in [5.74, 6) is -7.36. The van der Waals surface area contributed by atoms with Crippen molar-refractivity contribution in [2.75, 3.05) is 19.5 Å². The number of methoxy groups -OCH3 is 2. The molecule has 0 saturated heterocycles. The van der Waals surface area contributed by atoms with Crippen molar-refractivity contribution < 1.29 is 41.0 Å². The molecule has 7 nitrogen and oxygen atoms in total. The first-order valence-electron chi connectivity index (χ1n) is 9.91. The lowest BCUT2D eigenvalue weighted by atomic mass is 10.0. The van der Waals surface area contributed by atoms with E-state index in [2.05, 4.69) is 5.10 Å². The third kappa shape index (κ3) is 5.26. The third-order valence-electron chi connectivity index (χ3n) is 4.98. The zero-order chi connectivity index (χ0) is 25.1. The number of nitrogens with zero attached hydrogens (tertiary/aromatic N) is 2. The van der Waals surface area contributed by atoms with E-state index in [4.69, 9.17) is 9.47 Å². The van der Waals surface area contributed by atoms with Crippen molar-refractivity contribution in [2.24, 2.45) is 5.10 Å². The van der Waals surface area contributed by atoms with Gasteiger partial charge in [0.2, 0.25) is 5.91 Å². The van der Waals surface area contributed by atoms with E-state index in [1.807, 2.05) is 0 Å². The van der Waals surface area contributed by atoms with Crippen LogP contribution in [0.25, 0.3) is 0 Å². The van der Waals surface area contributed by atoms with E-state index >= 15 is 0 Å². The summed E-state index contributed by atoms with van der Waals surface area (Å²) in [4.78, 5) is 23.8. The minimum atomic E-state index is -6.02. The van der Waals surface area contributed by atoms with Gasteiger partial charge in [0, 0.05) is 24.1 Å². The first-order valence-corrected chi connectivity index (χ1v) is 9.91. The Morgan fingerprint density at radius 2 is 1.74 bits per heavy atom. The van der Waals surface area contributed by atoms with Crippen molar-refractivity contribution in [2.45, 2.75) is 31.5 Å². The van der Waals surface area contributed by atoms with Gasteiger partial charge in [-0.2, -0.15) is 27.1 Å². The molecule has 2 aromatic carbocycles. The molecule has 0 bridgehead atoms. The summed E-state index contributed by atoms with van der Waals surface area (Å²) in [5.41, 5.74) is 1.37. The number of rotatable bonds is 7. The van der Waals surface area contributed by atoms with Crippen LogP contribution in [0.4, 0.5) is 27.6 Å². The lowest BCUT2D eigenvalue weighted by Gasteiger charge is -2.24. The van der Waals surface area contributed by atoms with Crippen LogP contribution in [-0.4, -0.2) is 48.9 Å². The molecule has 1 N–H and O–H groups in total. The minimum absolute atomic E-state index is 0.0883. The molecule has 2 amide bonds. The maximum Gasteiger partial charge on any atom is 0.463 e. The normalized spacial score (nSPS) is 14.5. The van der Waals surface area contributed by atoms with Crippen molar-refractivity contribution in [3.63, 3.8) is 0 Å². The Morgan fingerprint density at radius 3 is 2.38 bits per heavy atom.